The zero-order valence-electron chi connectivity index (χ0n) is 28.4. The monoisotopic (exact) mass is 708 g/mol. The lowest BCUT2D eigenvalue weighted by Gasteiger charge is -2.19. The zero-order valence-corrected chi connectivity index (χ0v) is 30.0. The summed E-state index contributed by atoms with van der Waals surface area (Å²) in [6, 6.07) is 60.2. The summed E-state index contributed by atoms with van der Waals surface area (Å²) < 4.78 is 10.3. The molecule has 9 aromatic carbocycles. The quantitative estimate of drug-likeness (QED) is 0.167. The molecule has 0 unspecified atom stereocenters. The first-order valence-corrected chi connectivity index (χ1v) is 19.7. The van der Waals surface area contributed by atoms with E-state index in [9.17, 15) is 0 Å². The van der Waals surface area contributed by atoms with Crippen molar-refractivity contribution >= 4 is 107 Å². The number of rotatable bonds is 3. The first-order valence-electron chi connectivity index (χ1n) is 18.0. The minimum absolute atomic E-state index is 0.923. The Hall–Kier alpha value is -6.26. The molecule has 0 aliphatic rings. The minimum atomic E-state index is 0.923. The molecule has 12 aromatic rings. The van der Waals surface area contributed by atoms with Crippen molar-refractivity contribution in [2.75, 3.05) is 0 Å². The van der Waals surface area contributed by atoms with E-state index in [4.69, 9.17) is 4.42 Å². The normalized spacial score (nSPS) is 12.2. The van der Waals surface area contributed by atoms with Crippen molar-refractivity contribution < 1.29 is 4.42 Å². The third kappa shape index (κ3) is 4.24. The Morgan fingerprint density at radius 3 is 1.87 bits per heavy atom. The van der Waals surface area contributed by atoms with Crippen LogP contribution >= 0.6 is 22.7 Å². The van der Waals surface area contributed by atoms with E-state index in [2.05, 4.69) is 163 Å². The van der Waals surface area contributed by atoms with Gasteiger partial charge in [-0.25, -0.2) is 0 Å². The maximum absolute atomic E-state index is 6.31. The molecule has 53 heavy (non-hydrogen) atoms. The molecule has 0 saturated carbocycles. The van der Waals surface area contributed by atoms with Crippen molar-refractivity contribution in [1.82, 2.24) is 0 Å². The van der Waals surface area contributed by atoms with Gasteiger partial charge >= 0.3 is 0 Å². The number of furan rings is 1. The van der Waals surface area contributed by atoms with Crippen LogP contribution in [-0.4, -0.2) is 0 Å². The van der Waals surface area contributed by atoms with Crippen molar-refractivity contribution in [2.24, 2.45) is 0 Å². The highest BCUT2D eigenvalue weighted by atomic mass is 32.1. The Labute approximate surface area is 312 Å². The zero-order chi connectivity index (χ0) is 34.6. The third-order valence-electron chi connectivity index (χ3n) is 11.1. The van der Waals surface area contributed by atoms with Crippen molar-refractivity contribution in [2.45, 2.75) is 0 Å². The minimum Gasteiger partial charge on any atom is -0.456 e. The van der Waals surface area contributed by atoms with E-state index in [-0.39, 0.29) is 0 Å². The second kappa shape index (κ2) is 11.1. The summed E-state index contributed by atoms with van der Waals surface area (Å²) in [7, 11) is 0. The van der Waals surface area contributed by atoms with Crippen LogP contribution in [-0.2, 0) is 0 Å². The molecule has 1 nitrogen and oxygen atoms in total. The molecule has 0 fully saturated rings. The molecule has 0 bridgehead atoms. The first-order chi connectivity index (χ1) is 26.3. The molecular formula is C50H28OS2. The lowest BCUT2D eigenvalue weighted by atomic mass is 9.84. The van der Waals surface area contributed by atoms with E-state index >= 15 is 0 Å². The van der Waals surface area contributed by atoms with Crippen LogP contribution in [0.4, 0.5) is 0 Å². The van der Waals surface area contributed by atoms with Crippen LogP contribution in [0.25, 0.3) is 118 Å². The van der Waals surface area contributed by atoms with E-state index in [1.807, 2.05) is 28.7 Å². The summed E-state index contributed by atoms with van der Waals surface area (Å²) in [5, 5.41) is 16.1. The van der Waals surface area contributed by atoms with Crippen LogP contribution in [0.15, 0.2) is 174 Å². The molecule has 0 N–H and O–H groups in total. The summed E-state index contributed by atoms with van der Waals surface area (Å²) in [5.74, 6) is 0. The second-order valence-electron chi connectivity index (χ2n) is 14.0. The van der Waals surface area contributed by atoms with Crippen molar-refractivity contribution in [3.05, 3.63) is 169 Å². The fourth-order valence-corrected chi connectivity index (χ4v) is 11.1. The van der Waals surface area contributed by atoms with Crippen LogP contribution in [0, 0.1) is 0 Å². The SMILES string of the molecule is c1ccc(-c2csc3ccc4c5cc(-c6c7ccccc7c(-c7cccc8cc9oc%10ccccc%10c9cc78)c7ccccc67)ccc5sc4c23)cc1. The number of hydrogen-bond acceptors (Lipinski definition) is 3. The van der Waals surface area contributed by atoms with Gasteiger partial charge in [0.05, 0.1) is 0 Å². The van der Waals surface area contributed by atoms with E-state index in [0.29, 0.717) is 0 Å². The Bertz CT molecular complexity index is 3390. The summed E-state index contributed by atoms with van der Waals surface area (Å²) >= 11 is 3.76. The fourth-order valence-electron chi connectivity index (χ4n) is 8.79. The van der Waals surface area contributed by atoms with Gasteiger partial charge < -0.3 is 4.42 Å². The predicted octanol–water partition coefficient (Wildman–Crippen LogP) is 15.6. The second-order valence-corrected chi connectivity index (χ2v) is 15.9. The van der Waals surface area contributed by atoms with Gasteiger partial charge in [-0.15, -0.1) is 22.7 Å². The van der Waals surface area contributed by atoms with Crippen LogP contribution in [0.2, 0.25) is 0 Å². The van der Waals surface area contributed by atoms with E-state index in [1.165, 1.54) is 96.0 Å². The van der Waals surface area contributed by atoms with E-state index < -0.39 is 0 Å². The molecule has 0 aliphatic carbocycles. The van der Waals surface area contributed by atoms with Gasteiger partial charge in [0.1, 0.15) is 11.2 Å². The molecule has 3 aromatic heterocycles. The highest BCUT2D eigenvalue weighted by Crippen LogP contribution is 2.49. The van der Waals surface area contributed by atoms with Crippen LogP contribution in [0.1, 0.15) is 0 Å². The van der Waals surface area contributed by atoms with Gasteiger partial charge in [0.15, 0.2) is 0 Å². The van der Waals surface area contributed by atoms with Crippen molar-refractivity contribution in [3.63, 3.8) is 0 Å². The summed E-state index contributed by atoms with van der Waals surface area (Å²) in [4.78, 5) is 0. The number of thiophene rings is 2. The van der Waals surface area contributed by atoms with Gasteiger partial charge in [-0.05, 0) is 102 Å². The number of fused-ring (bicyclic) bond motifs is 11. The molecule has 3 heterocycles. The molecule has 3 heteroatoms. The topological polar surface area (TPSA) is 13.1 Å². The smallest absolute Gasteiger partial charge is 0.136 e. The summed E-state index contributed by atoms with van der Waals surface area (Å²) in [5.41, 5.74) is 9.48. The van der Waals surface area contributed by atoms with Gasteiger partial charge in [0.25, 0.3) is 0 Å². The molecular weight excluding hydrogens is 681 g/mol. The molecule has 12 rings (SSSR count). The highest BCUT2D eigenvalue weighted by Gasteiger charge is 2.20. The van der Waals surface area contributed by atoms with E-state index in [0.717, 1.165) is 21.9 Å². The van der Waals surface area contributed by atoms with Gasteiger partial charge in [0, 0.05) is 46.6 Å². The average molecular weight is 709 g/mol. The van der Waals surface area contributed by atoms with Crippen molar-refractivity contribution in [3.8, 4) is 33.4 Å². The van der Waals surface area contributed by atoms with Gasteiger partial charge in [-0.2, -0.15) is 0 Å². The summed E-state index contributed by atoms with van der Waals surface area (Å²) in [6.07, 6.45) is 0. The lowest BCUT2D eigenvalue weighted by Crippen LogP contribution is -1.91. The summed E-state index contributed by atoms with van der Waals surface area (Å²) in [6.45, 7) is 0. The van der Waals surface area contributed by atoms with Gasteiger partial charge in [0.2, 0.25) is 0 Å². The predicted molar refractivity (Wildman–Crippen MR) is 231 cm³/mol. The Balaban J connectivity index is 1.13. The standard InChI is InChI=1S/C50H28OS2/c1-2-11-29(12-3-1)42-28-52-46-24-22-38-41-25-31(21-23-45(41)53-50(38)49(42)46)47-33-15-4-6-17-35(33)48(36-18-7-5-16-34(36)47)37-19-10-13-30-26-44-40(27-39(30)37)32-14-8-9-20-43(32)51-44/h1-28H. The molecule has 0 atom stereocenters. The highest BCUT2D eigenvalue weighted by molar-refractivity contribution is 7.27. The molecule has 0 aliphatic heterocycles. The Kier molecular flexibility index (Phi) is 6.15. The molecule has 246 valence electrons. The fraction of sp³-hybridized carbons (Fsp3) is 0. The molecule has 0 radical (unpaired) electrons. The average Bonchev–Trinajstić information content (AvgIpc) is 3.92. The largest absolute Gasteiger partial charge is 0.456 e. The Morgan fingerprint density at radius 1 is 0.377 bits per heavy atom. The Morgan fingerprint density at radius 2 is 1.08 bits per heavy atom. The third-order valence-corrected chi connectivity index (χ3v) is 13.3. The van der Waals surface area contributed by atoms with Gasteiger partial charge in [-0.3, -0.25) is 0 Å². The number of hydrogen-bond donors (Lipinski definition) is 0. The number of benzene rings is 9. The number of para-hydroxylation sites is 1. The van der Waals surface area contributed by atoms with Crippen LogP contribution in [0.5, 0.6) is 0 Å². The van der Waals surface area contributed by atoms with Crippen molar-refractivity contribution in [1.29, 1.82) is 0 Å². The van der Waals surface area contributed by atoms with Crippen LogP contribution < -0.4 is 0 Å². The molecule has 0 amide bonds. The first kappa shape index (κ1) is 29.3. The van der Waals surface area contributed by atoms with Gasteiger partial charge in [-0.1, -0.05) is 127 Å². The maximum atomic E-state index is 6.31. The molecule has 0 spiro atoms. The maximum Gasteiger partial charge on any atom is 0.136 e. The van der Waals surface area contributed by atoms with E-state index in [1.54, 1.807) is 0 Å². The van der Waals surface area contributed by atoms with Crippen LogP contribution in [0.3, 0.4) is 0 Å². The molecule has 0 saturated heterocycles. The lowest BCUT2D eigenvalue weighted by molar-refractivity contribution is 0.669.